The van der Waals surface area contributed by atoms with E-state index in [4.69, 9.17) is 12.2 Å². The highest BCUT2D eigenvalue weighted by Crippen LogP contribution is 2.13. The molecular formula is C23H47NS2. The van der Waals surface area contributed by atoms with Gasteiger partial charge in [0.25, 0.3) is 0 Å². The van der Waals surface area contributed by atoms with Gasteiger partial charge in [0.2, 0.25) is 0 Å². The zero-order valence-corrected chi connectivity index (χ0v) is 19.6. The Morgan fingerprint density at radius 2 is 0.962 bits per heavy atom. The van der Waals surface area contributed by atoms with E-state index in [0.717, 1.165) is 10.9 Å². The minimum Gasteiger partial charge on any atom is -0.371 e. The maximum absolute atomic E-state index is 5.33. The standard InChI is InChI=1S/C23H47NS2/c1-3-5-7-8-9-10-11-12-13-14-15-16-17-18-19-20-21-24-23(25)26-22-6-4-2/h3-22H2,1-2H3,(H,24,25). The second-order valence-corrected chi connectivity index (χ2v) is 9.49. The summed E-state index contributed by atoms with van der Waals surface area (Å²) in [4.78, 5) is 0. The molecule has 1 nitrogen and oxygen atoms in total. The van der Waals surface area contributed by atoms with Crippen LogP contribution in [0.4, 0.5) is 0 Å². The third kappa shape index (κ3) is 22.3. The van der Waals surface area contributed by atoms with E-state index in [1.807, 2.05) is 11.8 Å². The maximum Gasteiger partial charge on any atom is 0.133 e. The lowest BCUT2D eigenvalue weighted by Crippen LogP contribution is -2.19. The molecule has 0 bridgehead atoms. The summed E-state index contributed by atoms with van der Waals surface area (Å²) >= 11 is 7.14. The number of thioether (sulfide) groups is 1. The number of hydrogen-bond acceptors (Lipinski definition) is 2. The molecule has 0 saturated heterocycles. The minimum atomic E-state index is 0.999. The highest BCUT2D eigenvalue weighted by atomic mass is 32.2. The first-order chi connectivity index (χ1) is 12.8. The topological polar surface area (TPSA) is 12.0 Å². The molecule has 0 rings (SSSR count). The molecule has 3 heteroatoms. The van der Waals surface area contributed by atoms with Crippen LogP contribution < -0.4 is 5.32 Å². The number of hydrogen-bond donors (Lipinski definition) is 1. The third-order valence-electron chi connectivity index (χ3n) is 5.03. The summed E-state index contributed by atoms with van der Waals surface area (Å²) in [6, 6.07) is 0. The van der Waals surface area contributed by atoms with Crippen molar-refractivity contribution >= 4 is 28.3 Å². The largest absolute Gasteiger partial charge is 0.371 e. The second kappa shape index (κ2) is 23.3. The molecule has 0 unspecified atom stereocenters. The van der Waals surface area contributed by atoms with Crippen molar-refractivity contribution in [3.63, 3.8) is 0 Å². The third-order valence-corrected chi connectivity index (χ3v) is 6.43. The zero-order chi connectivity index (χ0) is 19.1. The van der Waals surface area contributed by atoms with E-state index in [0.29, 0.717) is 0 Å². The van der Waals surface area contributed by atoms with Gasteiger partial charge in [0.05, 0.1) is 0 Å². The summed E-state index contributed by atoms with van der Waals surface area (Å²) in [5, 5.41) is 3.39. The van der Waals surface area contributed by atoms with Crippen LogP contribution in [-0.2, 0) is 0 Å². The number of nitrogens with one attached hydrogen (secondary N) is 1. The van der Waals surface area contributed by atoms with Crippen LogP contribution in [0, 0.1) is 0 Å². The molecule has 0 atom stereocenters. The van der Waals surface area contributed by atoms with Gasteiger partial charge in [-0.3, -0.25) is 0 Å². The van der Waals surface area contributed by atoms with Crippen LogP contribution in [0.5, 0.6) is 0 Å². The average Bonchev–Trinajstić information content (AvgIpc) is 2.64. The lowest BCUT2D eigenvalue weighted by atomic mass is 10.0. The molecule has 0 aliphatic carbocycles. The summed E-state index contributed by atoms with van der Waals surface area (Å²) in [5.74, 6) is 1.17. The Kier molecular flexibility index (Phi) is 23.5. The van der Waals surface area contributed by atoms with Crippen LogP contribution >= 0.6 is 24.0 Å². The number of thiocarbonyl (C=S) groups is 1. The Labute approximate surface area is 175 Å². The smallest absolute Gasteiger partial charge is 0.133 e. The normalized spacial score (nSPS) is 11.0. The van der Waals surface area contributed by atoms with Gasteiger partial charge in [-0.15, -0.1) is 0 Å². The molecule has 0 spiro atoms. The van der Waals surface area contributed by atoms with Crippen LogP contribution in [0.2, 0.25) is 0 Å². The molecule has 0 amide bonds. The average molecular weight is 402 g/mol. The molecule has 0 aromatic carbocycles. The van der Waals surface area contributed by atoms with Crippen LogP contribution in [0.3, 0.4) is 0 Å². The summed E-state index contributed by atoms with van der Waals surface area (Å²) in [5.41, 5.74) is 0. The molecule has 0 aromatic heterocycles. The summed E-state index contributed by atoms with van der Waals surface area (Å²) in [6.07, 6.45) is 25.4. The Morgan fingerprint density at radius 1 is 0.577 bits per heavy atom. The molecule has 1 N–H and O–H groups in total. The Balaban J connectivity index is 3.06. The van der Waals surface area contributed by atoms with Gasteiger partial charge in [-0.2, -0.15) is 0 Å². The highest BCUT2D eigenvalue weighted by Gasteiger charge is 1.97. The predicted molar refractivity (Wildman–Crippen MR) is 128 cm³/mol. The maximum atomic E-state index is 5.33. The van der Waals surface area contributed by atoms with Gasteiger partial charge in [0.1, 0.15) is 4.32 Å². The molecule has 0 saturated carbocycles. The van der Waals surface area contributed by atoms with Crippen molar-refractivity contribution in [2.24, 2.45) is 0 Å². The monoisotopic (exact) mass is 401 g/mol. The molecular weight excluding hydrogens is 354 g/mol. The zero-order valence-electron chi connectivity index (χ0n) is 18.0. The fourth-order valence-electron chi connectivity index (χ4n) is 3.22. The van der Waals surface area contributed by atoms with E-state index in [2.05, 4.69) is 19.2 Å². The SMILES string of the molecule is CCCCCCCCCCCCCCCCCCNC(=S)SCCCC. The predicted octanol–water partition coefficient (Wildman–Crippen LogP) is 8.66. The van der Waals surface area contributed by atoms with Crippen LogP contribution in [-0.4, -0.2) is 16.6 Å². The molecule has 0 aliphatic heterocycles. The van der Waals surface area contributed by atoms with E-state index in [1.54, 1.807) is 0 Å². The van der Waals surface area contributed by atoms with Gasteiger partial charge in [-0.25, -0.2) is 0 Å². The lowest BCUT2D eigenvalue weighted by Gasteiger charge is -2.07. The lowest BCUT2D eigenvalue weighted by molar-refractivity contribution is 0.529. The van der Waals surface area contributed by atoms with Gasteiger partial charge in [-0.1, -0.05) is 141 Å². The quantitative estimate of drug-likeness (QED) is 0.162. The first-order valence-electron chi connectivity index (χ1n) is 11.7. The molecule has 0 radical (unpaired) electrons. The van der Waals surface area contributed by atoms with Gasteiger partial charge < -0.3 is 5.32 Å². The van der Waals surface area contributed by atoms with Crippen molar-refractivity contribution in [2.45, 2.75) is 129 Å². The van der Waals surface area contributed by atoms with E-state index < -0.39 is 0 Å². The van der Waals surface area contributed by atoms with E-state index in [9.17, 15) is 0 Å². The van der Waals surface area contributed by atoms with Crippen LogP contribution in [0.25, 0.3) is 0 Å². The van der Waals surface area contributed by atoms with Crippen LogP contribution in [0.15, 0.2) is 0 Å². The fourth-order valence-corrected chi connectivity index (χ4v) is 4.40. The molecule has 156 valence electrons. The van der Waals surface area contributed by atoms with Crippen molar-refractivity contribution in [3.8, 4) is 0 Å². The number of unbranched alkanes of at least 4 members (excludes halogenated alkanes) is 16. The Bertz CT molecular complexity index is 281. The van der Waals surface area contributed by atoms with Crippen molar-refractivity contribution in [1.82, 2.24) is 5.32 Å². The van der Waals surface area contributed by atoms with Crippen molar-refractivity contribution in [1.29, 1.82) is 0 Å². The minimum absolute atomic E-state index is 0.999. The van der Waals surface area contributed by atoms with Gasteiger partial charge >= 0.3 is 0 Å². The summed E-state index contributed by atoms with van der Waals surface area (Å²) in [7, 11) is 0. The fraction of sp³-hybridized carbons (Fsp3) is 0.957. The first kappa shape index (κ1) is 26.2. The highest BCUT2D eigenvalue weighted by molar-refractivity contribution is 8.22. The molecule has 0 fully saturated rings. The van der Waals surface area contributed by atoms with E-state index in [1.165, 1.54) is 121 Å². The van der Waals surface area contributed by atoms with E-state index in [-0.39, 0.29) is 0 Å². The molecule has 0 aliphatic rings. The van der Waals surface area contributed by atoms with Crippen molar-refractivity contribution < 1.29 is 0 Å². The number of rotatable bonds is 20. The van der Waals surface area contributed by atoms with Gasteiger partial charge in [-0.05, 0) is 12.8 Å². The van der Waals surface area contributed by atoms with Crippen molar-refractivity contribution in [2.75, 3.05) is 12.3 Å². The van der Waals surface area contributed by atoms with Crippen molar-refractivity contribution in [3.05, 3.63) is 0 Å². The molecule has 26 heavy (non-hydrogen) atoms. The second-order valence-electron chi connectivity index (χ2n) is 7.72. The van der Waals surface area contributed by atoms with Gasteiger partial charge in [0.15, 0.2) is 0 Å². The van der Waals surface area contributed by atoms with Gasteiger partial charge in [0, 0.05) is 12.3 Å². The van der Waals surface area contributed by atoms with E-state index >= 15 is 0 Å². The summed E-state index contributed by atoms with van der Waals surface area (Å²) < 4.78 is 0.999. The molecule has 0 aromatic rings. The van der Waals surface area contributed by atoms with Crippen LogP contribution in [0.1, 0.15) is 129 Å². The Morgan fingerprint density at radius 3 is 1.38 bits per heavy atom. The first-order valence-corrected chi connectivity index (χ1v) is 13.1. The Hall–Kier alpha value is 0.240. The molecule has 0 heterocycles. The summed E-state index contributed by atoms with van der Waals surface area (Å²) in [6.45, 7) is 5.59.